The van der Waals surface area contributed by atoms with E-state index >= 15 is 0 Å². The molecule has 2 N–H and O–H groups in total. The second-order valence-corrected chi connectivity index (χ2v) is 4.95. The highest BCUT2D eigenvalue weighted by Gasteiger charge is 2.21. The molecule has 1 atom stereocenters. The molecular formula is C11H17NS. The van der Waals surface area contributed by atoms with Crippen molar-refractivity contribution in [2.75, 3.05) is 6.54 Å². The van der Waals surface area contributed by atoms with Crippen LogP contribution in [-0.2, 0) is 12.8 Å². The van der Waals surface area contributed by atoms with Gasteiger partial charge in [-0.2, -0.15) is 0 Å². The van der Waals surface area contributed by atoms with Crippen molar-refractivity contribution in [1.82, 2.24) is 0 Å². The molecule has 0 bridgehead atoms. The van der Waals surface area contributed by atoms with E-state index in [2.05, 4.69) is 13.0 Å². The molecule has 1 aromatic rings. The first-order chi connectivity index (χ1) is 6.35. The minimum Gasteiger partial charge on any atom is -0.330 e. The van der Waals surface area contributed by atoms with Gasteiger partial charge < -0.3 is 5.73 Å². The van der Waals surface area contributed by atoms with Crippen molar-refractivity contribution in [2.45, 2.75) is 38.5 Å². The number of hydrogen-bond acceptors (Lipinski definition) is 2. The summed E-state index contributed by atoms with van der Waals surface area (Å²) in [6, 6.07) is 2.39. The van der Waals surface area contributed by atoms with Gasteiger partial charge in [0.25, 0.3) is 0 Å². The third-order valence-electron chi connectivity index (χ3n) is 2.90. The zero-order valence-electron chi connectivity index (χ0n) is 8.18. The highest BCUT2D eigenvalue weighted by atomic mass is 32.1. The van der Waals surface area contributed by atoms with Gasteiger partial charge in [0, 0.05) is 15.7 Å². The van der Waals surface area contributed by atoms with Crippen LogP contribution >= 0.6 is 11.3 Å². The summed E-state index contributed by atoms with van der Waals surface area (Å²) in [5.74, 6) is 0.661. The predicted molar refractivity (Wildman–Crippen MR) is 58.4 cm³/mol. The first kappa shape index (κ1) is 9.22. The van der Waals surface area contributed by atoms with E-state index in [0.717, 1.165) is 6.54 Å². The minimum absolute atomic E-state index is 0.661. The molecule has 0 radical (unpaired) electrons. The molecule has 0 aromatic carbocycles. The molecule has 0 saturated heterocycles. The van der Waals surface area contributed by atoms with Crippen LogP contribution < -0.4 is 5.73 Å². The molecule has 1 aliphatic rings. The molecule has 0 fully saturated rings. The standard InChI is InChI=1S/C11H17NS/c1-2-10-6-8-4-3-5-9(7-12)11(8)13-10/h6,9H,2-5,7,12H2,1H3. The molecule has 0 aliphatic heterocycles. The predicted octanol–water partition coefficient (Wildman–Crippen LogP) is 2.69. The fourth-order valence-electron chi connectivity index (χ4n) is 2.11. The van der Waals surface area contributed by atoms with E-state index in [1.54, 1.807) is 10.4 Å². The van der Waals surface area contributed by atoms with Gasteiger partial charge >= 0.3 is 0 Å². The van der Waals surface area contributed by atoms with E-state index < -0.39 is 0 Å². The molecule has 1 heterocycles. The van der Waals surface area contributed by atoms with Gasteiger partial charge in [0.05, 0.1) is 0 Å². The van der Waals surface area contributed by atoms with Gasteiger partial charge in [0.2, 0.25) is 0 Å². The summed E-state index contributed by atoms with van der Waals surface area (Å²) in [7, 11) is 0. The summed E-state index contributed by atoms with van der Waals surface area (Å²) in [4.78, 5) is 3.12. The third-order valence-corrected chi connectivity index (χ3v) is 4.38. The maximum atomic E-state index is 5.78. The summed E-state index contributed by atoms with van der Waals surface area (Å²) in [6.07, 6.45) is 5.08. The van der Waals surface area contributed by atoms with Crippen LogP contribution in [0.5, 0.6) is 0 Å². The Labute approximate surface area is 84.0 Å². The highest BCUT2D eigenvalue weighted by Crippen LogP contribution is 2.37. The van der Waals surface area contributed by atoms with E-state index in [0.29, 0.717) is 5.92 Å². The largest absolute Gasteiger partial charge is 0.330 e. The Bertz CT molecular complexity index is 290. The molecule has 0 amide bonds. The molecule has 0 spiro atoms. The lowest BCUT2D eigenvalue weighted by Gasteiger charge is -2.20. The summed E-state index contributed by atoms with van der Waals surface area (Å²) >= 11 is 1.99. The van der Waals surface area contributed by atoms with Crippen LogP contribution in [0.4, 0.5) is 0 Å². The van der Waals surface area contributed by atoms with E-state index in [4.69, 9.17) is 5.73 Å². The molecule has 2 heteroatoms. The van der Waals surface area contributed by atoms with Crippen molar-refractivity contribution in [2.24, 2.45) is 5.73 Å². The molecular weight excluding hydrogens is 178 g/mol. The molecule has 0 saturated carbocycles. The van der Waals surface area contributed by atoms with Crippen LogP contribution in [0.1, 0.15) is 41.0 Å². The SMILES string of the molecule is CCc1cc2c(s1)C(CN)CCC2. The Hall–Kier alpha value is -0.340. The van der Waals surface area contributed by atoms with Crippen molar-refractivity contribution in [3.8, 4) is 0 Å². The quantitative estimate of drug-likeness (QED) is 0.771. The number of fused-ring (bicyclic) bond motifs is 1. The number of rotatable bonds is 2. The average Bonchev–Trinajstić information content (AvgIpc) is 2.59. The molecule has 2 rings (SSSR count). The van der Waals surface area contributed by atoms with E-state index in [-0.39, 0.29) is 0 Å². The van der Waals surface area contributed by atoms with E-state index in [1.165, 1.54) is 30.6 Å². The second kappa shape index (κ2) is 3.81. The van der Waals surface area contributed by atoms with Gasteiger partial charge in [-0.05, 0) is 43.9 Å². The van der Waals surface area contributed by atoms with Gasteiger partial charge in [-0.3, -0.25) is 0 Å². The van der Waals surface area contributed by atoms with Crippen LogP contribution in [0.15, 0.2) is 6.07 Å². The van der Waals surface area contributed by atoms with E-state index in [1.807, 2.05) is 11.3 Å². The van der Waals surface area contributed by atoms with Crippen molar-refractivity contribution in [3.63, 3.8) is 0 Å². The second-order valence-electron chi connectivity index (χ2n) is 3.78. The lowest BCUT2D eigenvalue weighted by molar-refractivity contribution is 0.571. The lowest BCUT2D eigenvalue weighted by Crippen LogP contribution is -2.16. The van der Waals surface area contributed by atoms with Gasteiger partial charge in [-0.25, -0.2) is 0 Å². The van der Waals surface area contributed by atoms with Crippen LogP contribution in [0.3, 0.4) is 0 Å². The van der Waals surface area contributed by atoms with Crippen molar-refractivity contribution >= 4 is 11.3 Å². The molecule has 1 unspecified atom stereocenters. The maximum Gasteiger partial charge on any atom is 0.0124 e. The van der Waals surface area contributed by atoms with Gasteiger partial charge in [-0.15, -0.1) is 11.3 Å². The van der Waals surface area contributed by atoms with Crippen molar-refractivity contribution in [1.29, 1.82) is 0 Å². The Kier molecular flexibility index (Phi) is 2.70. The summed E-state index contributed by atoms with van der Waals surface area (Å²) in [5.41, 5.74) is 7.36. The number of nitrogens with two attached hydrogens (primary N) is 1. The van der Waals surface area contributed by atoms with Crippen molar-refractivity contribution < 1.29 is 0 Å². The normalized spacial score (nSPS) is 21.5. The first-order valence-electron chi connectivity index (χ1n) is 5.16. The fraction of sp³-hybridized carbons (Fsp3) is 0.636. The monoisotopic (exact) mass is 195 g/mol. The van der Waals surface area contributed by atoms with Gasteiger partial charge in [0.1, 0.15) is 0 Å². The number of hydrogen-bond donors (Lipinski definition) is 1. The molecule has 1 nitrogen and oxygen atoms in total. The first-order valence-corrected chi connectivity index (χ1v) is 5.98. The smallest absolute Gasteiger partial charge is 0.0124 e. The third kappa shape index (κ3) is 1.65. The Balaban J connectivity index is 2.32. The average molecular weight is 195 g/mol. The highest BCUT2D eigenvalue weighted by molar-refractivity contribution is 7.12. The molecule has 1 aliphatic carbocycles. The van der Waals surface area contributed by atoms with E-state index in [9.17, 15) is 0 Å². The van der Waals surface area contributed by atoms with Crippen LogP contribution in [0.2, 0.25) is 0 Å². The fourth-order valence-corrected chi connectivity index (χ4v) is 3.41. The summed E-state index contributed by atoms with van der Waals surface area (Å²) < 4.78 is 0. The minimum atomic E-state index is 0.661. The maximum absolute atomic E-state index is 5.78. The van der Waals surface area contributed by atoms with Gasteiger partial charge in [-0.1, -0.05) is 6.92 Å². The Morgan fingerprint density at radius 2 is 2.46 bits per heavy atom. The summed E-state index contributed by atoms with van der Waals surface area (Å²) in [6.45, 7) is 3.06. The summed E-state index contributed by atoms with van der Waals surface area (Å²) in [5, 5.41) is 0. The molecule has 1 aromatic heterocycles. The topological polar surface area (TPSA) is 26.0 Å². The Morgan fingerprint density at radius 1 is 1.62 bits per heavy atom. The Morgan fingerprint density at radius 3 is 3.15 bits per heavy atom. The molecule has 13 heavy (non-hydrogen) atoms. The van der Waals surface area contributed by atoms with Crippen LogP contribution in [-0.4, -0.2) is 6.54 Å². The lowest BCUT2D eigenvalue weighted by atomic mass is 9.89. The zero-order chi connectivity index (χ0) is 9.26. The number of aryl methyl sites for hydroxylation is 2. The van der Waals surface area contributed by atoms with Crippen LogP contribution in [0, 0.1) is 0 Å². The van der Waals surface area contributed by atoms with Crippen LogP contribution in [0.25, 0.3) is 0 Å². The number of thiophene rings is 1. The van der Waals surface area contributed by atoms with Gasteiger partial charge in [0.15, 0.2) is 0 Å². The van der Waals surface area contributed by atoms with Crippen molar-refractivity contribution in [3.05, 3.63) is 21.4 Å². The zero-order valence-corrected chi connectivity index (χ0v) is 8.99. The molecule has 72 valence electrons.